The van der Waals surface area contributed by atoms with Gasteiger partial charge in [-0.1, -0.05) is 11.8 Å². The largest absolute Gasteiger partial charge is 0.478 e. The quantitative estimate of drug-likeness (QED) is 0.727. The van der Waals surface area contributed by atoms with E-state index in [1.54, 1.807) is 20.8 Å². The van der Waals surface area contributed by atoms with Crippen LogP contribution in [0.3, 0.4) is 0 Å². The molecule has 0 saturated heterocycles. The topological polar surface area (TPSA) is 108 Å². The van der Waals surface area contributed by atoms with Crippen LogP contribution in [0, 0.1) is 0 Å². The molecule has 0 aromatic carbocycles. The number of hydrogen-bond acceptors (Lipinski definition) is 5. The predicted molar refractivity (Wildman–Crippen MR) is 78.3 cm³/mol. The molecule has 1 rings (SSSR count). The van der Waals surface area contributed by atoms with E-state index in [0.717, 1.165) is 11.8 Å². The van der Waals surface area contributed by atoms with Gasteiger partial charge in [0.1, 0.15) is 0 Å². The van der Waals surface area contributed by atoms with Gasteiger partial charge in [-0.3, -0.25) is 10.1 Å². The highest BCUT2D eigenvalue weighted by Gasteiger charge is 2.15. The average Bonchev–Trinajstić information content (AvgIpc) is 2.34. The molecule has 7 nitrogen and oxygen atoms in total. The Bertz CT molecular complexity index is 537. The van der Waals surface area contributed by atoms with E-state index in [4.69, 9.17) is 5.11 Å². The number of carbonyl (C=O) groups is 3. The summed E-state index contributed by atoms with van der Waals surface area (Å²) in [5.41, 5.74) is -0.348. The Hall–Kier alpha value is -2.09. The van der Waals surface area contributed by atoms with Gasteiger partial charge in [-0.25, -0.2) is 14.6 Å². The maximum absolute atomic E-state index is 11.6. The number of rotatable bonds is 4. The van der Waals surface area contributed by atoms with E-state index in [1.165, 1.54) is 18.3 Å². The lowest BCUT2D eigenvalue weighted by molar-refractivity contribution is -0.117. The lowest BCUT2D eigenvalue weighted by Crippen LogP contribution is -2.48. The maximum atomic E-state index is 11.6. The van der Waals surface area contributed by atoms with E-state index in [1.807, 2.05) is 0 Å². The van der Waals surface area contributed by atoms with Gasteiger partial charge in [0.2, 0.25) is 5.91 Å². The molecule has 0 aliphatic rings. The number of aromatic carboxylic acids is 1. The molecule has 0 aliphatic heterocycles. The van der Waals surface area contributed by atoms with Gasteiger partial charge in [0.15, 0.2) is 0 Å². The fraction of sp³-hybridized carbons (Fsp3) is 0.385. The number of hydrogen-bond donors (Lipinski definition) is 3. The third kappa shape index (κ3) is 6.75. The van der Waals surface area contributed by atoms with Crippen LogP contribution in [0.2, 0.25) is 0 Å². The SMILES string of the molecule is CC(C)(C)NC(=O)NC(=O)CSc1ccc(C(=O)O)cn1. The van der Waals surface area contributed by atoms with Crippen molar-refractivity contribution < 1.29 is 19.5 Å². The highest BCUT2D eigenvalue weighted by atomic mass is 32.2. The fourth-order valence-electron chi connectivity index (χ4n) is 1.27. The number of imide groups is 1. The molecule has 3 amide bonds. The van der Waals surface area contributed by atoms with E-state index < -0.39 is 23.4 Å². The molecular weight excluding hydrogens is 294 g/mol. The van der Waals surface area contributed by atoms with Crippen LogP contribution >= 0.6 is 11.8 Å². The Kier molecular flexibility index (Phi) is 5.71. The highest BCUT2D eigenvalue weighted by molar-refractivity contribution is 7.99. The zero-order chi connectivity index (χ0) is 16.0. The second-order valence-electron chi connectivity index (χ2n) is 5.23. The van der Waals surface area contributed by atoms with Crippen molar-refractivity contribution in [3.8, 4) is 0 Å². The molecule has 114 valence electrons. The van der Waals surface area contributed by atoms with Gasteiger partial charge in [0.05, 0.1) is 16.3 Å². The monoisotopic (exact) mass is 311 g/mol. The molecule has 0 radical (unpaired) electrons. The molecule has 1 aromatic heterocycles. The molecule has 1 aromatic rings. The maximum Gasteiger partial charge on any atom is 0.337 e. The van der Waals surface area contributed by atoms with Gasteiger partial charge < -0.3 is 10.4 Å². The molecule has 0 saturated carbocycles. The number of carboxylic acid groups (broad SMARTS) is 1. The number of pyridine rings is 1. The molecule has 3 N–H and O–H groups in total. The van der Waals surface area contributed by atoms with Crippen LogP contribution in [-0.4, -0.2) is 39.3 Å². The second kappa shape index (κ2) is 7.07. The summed E-state index contributed by atoms with van der Waals surface area (Å²) in [6.45, 7) is 5.42. The smallest absolute Gasteiger partial charge is 0.337 e. The van der Waals surface area contributed by atoms with Crippen molar-refractivity contribution in [3.05, 3.63) is 23.9 Å². The van der Waals surface area contributed by atoms with Crippen LogP contribution < -0.4 is 10.6 Å². The number of aromatic nitrogens is 1. The Morgan fingerprint density at radius 3 is 2.43 bits per heavy atom. The van der Waals surface area contributed by atoms with E-state index in [-0.39, 0.29) is 11.3 Å². The zero-order valence-electron chi connectivity index (χ0n) is 12.0. The minimum atomic E-state index is -1.06. The minimum absolute atomic E-state index is 0.0109. The van der Waals surface area contributed by atoms with Crippen molar-refractivity contribution in [2.75, 3.05) is 5.75 Å². The van der Waals surface area contributed by atoms with Crippen LogP contribution in [0.15, 0.2) is 23.4 Å². The molecule has 0 fully saturated rings. The van der Waals surface area contributed by atoms with E-state index in [2.05, 4.69) is 15.6 Å². The third-order valence-corrected chi connectivity index (χ3v) is 3.02. The molecule has 0 unspecified atom stereocenters. The van der Waals surface area contributed by atoms with Crippen LogP contribution in [0.1, 0.15) is 31.1 Å². The normalized spacial score (nSPS) is 10.8. The molecule has 8 heteroatoms. The first-order chi connectivity index (χ1) is 9.67. The lowest BCUT2D eigenvalue weighted by Gasteiger charge is -2.20. The minimum Gasteiger partial charge on any atom is -0.478 e. The molecule has 0 spiro atoms. The molecule has 0 atom stereocenters. The van der Waals surface area contributed by atoms with Crippen molar-refractivity contribution in [1.82, 2.24) is 15.6 Å². The number of amides is 3. The van der Waals surface area contributed by atoms with Crippen molar-refractivity contribution in [2.24, 2.45) is 0 Å². The summed E-state index contributed by atoms with van der Waals surface area (Å²) >= 11 is 1.11. The molecule has 1 heterocycles. The van der Waals surface area contributed by atoms with Gasteiger partial charge in [0.25, 0.3) is 0 Å². The van der Waals surface area contributed by atoms with Crippen molar-refractivity contribution in [2.45, 2.75) is 31.3 Å². The Balaban J connectivity index is 2.42. The van der Waals surface area contributed by atoms with Gasteiger partial charge >= 0.3 is 12.0 Å². The fourth-order valence-corrected chi connectivity index (χ4v) is 1.91. The first-order valence-corrected chi connectivity index (χ1v) is 7.10. The summed E-state index contributed by atoms with van der Waals surface area (Å²) in [6.07, 6.45) is 1.22. The Morgan fingerprint density at radius 2 is 1.95 bits per heavy atom. The van der Waals surface area contributed by atoms with Gasteiger partial charge in [0, 0.05) is 11.7 Å². The molecular formula is C13H17N3O4S. The average molecular weight is 311 g/mol. The van der Waals surface area contributed by atoms with Gasteiger partial charge in [-0.05, 0) is 32.9 Å². The van der Waals surface area contributed by atoms with Crippen LogP contribution in [0.4, 0.5) is 4.79 Å². The summed E-state index contributed by atoms with van der Waals surface area (Å²) in [7, 11) is 0. The highest BCUT2D eigenvalue weighted by Crippen LogP contribution is 2.14. The first kappa shape index (κ1) is 17.0. The molecule has 21 heavy (non-hydrogen) atoms. The third-order valence-electron chi connectivity index (χ3n) is 2.08. The van der Waals surface area contributed by atoms with Crippen LogP contribution in [-0.2, 0) is 4.79 Å². The zero-order valence-corrected chi connectivity index (χ0v) is 12.8. The standard InChI is InChI=1S/C13H17N3O4S/c1-13(2,3)16-12(20)15-9(17)7-21-10-5-4-8(6-14-10)11(18)19/h4-6H,7H2,1-3H3,(H,18,19)(H2,15,16,17,20). The summed E-state index contributed by atoms with van der Waals surface area (Å²) in [6, 6.07) is 2.36. The summed E-state index contributed by atoms with van der Waals surface area (Å²) in [5.74, 6) is -1.50. The van der Waals surface area contributed by atoms with E-state index in [9.17, 15) is 14.4 Å². The van der Waals surface area contributed by atoms with Crippen molar-refractivity contribution >= 4 is 29.7 Å². The van der Waals surface area contributed by atoms with Crippen LogP contribution in [0.25, 0.3) is 0 Å². The number of nitrogens with zero attached hydrogens (tertiary/aromatic N) is 1. The lowest BCUT2D eigenvalue weighted by atomic mass is 10.1. The number of carbonyl (C=O) groups excluding carboxylic acids is 2. The first-order valence-electron chi connectivity index (χ1n) is 6.11. The van der Waals surface area contributed by atoms with Gasteiger partial charge in [-0.2, -0.15) is 0 Å². The summed E-state index contributed by atoms with van der Waals surface area (Å²) in [4.78, 5) is 37.6. The van der Waals surface area contributed by atoms with Crippen molar-refractivity contribution in [3.63, 3.8) is 0 Å². The Labute approximate surface area is 126 Å². The molecule has 0 aliphatic carbocycles. The summed E-state index contributed by atoms with van der Waals surface area (Å²) in [5, 5.41) is 14.0. The van der Waals surface area contributed by atoms with Crippen molar-refractivity contribution in [1.29, 1.82) is 0 Å². The Morgan fingerprint density at radius 1 is 1.29 bits per heavy atom. The number of urea groups is 1. The summed E-state index contributed by atoms with van der Waals surface area (Å²) < 4.78 is 0. The second-order valence-corrected chi connectivity index (χ2v) is 6.23. The number of nitrogens with one attached hydrogen (secondary N) is 2. The van der Waals surface area contributed by atoms with Gasteiger partial charge in [-0.15, -0.1) is 0 Å². The van der Waals surface area contributed by atoms with E-state index in [0.29, 0.717) is 5.03 Å². The molecule has 0 bridgehead atoms. The van der Waals surface area contributed by atoms with Crippen LogP contribution in [0.5, 0.6) is 0 Å². The number of carboxylic acids is 1. The van der Waals surface area contributed by atoms with E-state index >= 15 is 0 Å². The number of thioether (sulfide) groups is 1. The predicted octanol–water partition coefficient (Wildman–Crippen LogP) is 1.50.